The second-order valence-corrected chi connectivity index (χ2v) is 5.48. The first-order valence-corrected chi connectivity index (χ1v) is 7.28. The van der Waals surface area contributed by atoms with Gasteiger partial charge in [0.2, 0.25) is 0 Å². The molecule has 0 aliphatic carbocycles. The molecular formula is C15H13N3O2S. The third kappa shape index (κ3) is 3.17. The fourth-order valence-corrected chi connectivity index (χ4v) is 2.69. The smallest absolute Gasteiger partial charge is 0.381 e. The van der Waals surface area contributed by atoms with Crippen molar-refractivity contribution in [2.24, 2.45) is 0 Å². The van der Waals surface area contributed by atoms with Gasteiger partial charge in [0.25, 0.3) is 5.19 Å². The average Bonchev–Trinajstić information content (AvgIpc) is 2.90. The molecule has 0 aliphatic rings. The Hall–Kier alpha value is -2.47. The molecule has 3 aromatic rings. The van der Waals surface area contributed by atoms with E-state index in [1.165, 1.54) is 11.3 Å². The minimum atomic E-state index is -0.515. The van der Waals surface area contributed by atoms with Crippen LogP contribution in [0.25, 0.3) is 10.2 Å². The number of rotatable bonds is 3. The summed E-state index contributed by atoms with van der Waals surface area (Å²) >= 11 is 1.29. The number of hydrogen-bond donors (Lipinski definition) is 1. The van der Waals surface area contributed by atoms with Crippen molar-refractivity contribution in [2.75, 3.05) is 0 Å². The quantitative estimate of drug-likeness (QED) is 0.803. The summed E-state index contributed by atoms with van der Waals surface area (Å²) in [7, 11) is 0. The number of aromatic nitrogens is 2. The fourth-order valence-electron chi connectivity index (χ4n) is 1.91. The number of ether oxygens (including phenoxy) is 1. The summed E-state index contributed by atoms with van der Waals surface area (Å²) in [6.07, 6.45) is 2.84. The Kier molecular flexibility index (Phi) is 3.79. The van der Waals surface area contributed by atoms with Crippen molar-refractivity contribution in [1.29, 1.82) is 0 Å². The van der Waals surface area contributed by atoms with E-state index in [1.54, 1.807) is 18.5 Å². The van der Waals surface area contributed by atoms with E-state index in [2.05, 4.69) is 15.3 Å². The van der Waals surface area contributed by atoms with Crippen LogP contribution in [0.2, 0.25) is 0 Å². The van der Waals surface area contributed by atoms with E-state index in [4.69, 9.17) is 4.74 Å². The van der Waals surface area contributed by atoms with Crippen molar-refractivity contribution in [2.45, 2.75) is 13.0 Å². The second-order valence-electron chi connectivity index (χ2n) is 4.49. The van der Waals surface area contributed by atoms with Gasteiger partial charge in [-0.1, -0.05) is 41.7 Å². The molecule has 2 aromatic heterocycles. The molecule has 0 aliphatic heterocycles. The number of thiazole rings is 1. The molecule has 1 aromatic carbocycles. The topological polar surface area (TPSA) is 64.1 Å². The predicted octanol–water partition coefficient (Wildman–Crippen LogP) is 3.54. The monoisotopic (exact) mass is 299 g/mol. The third-order valence-electron chi connectivity index (χ3n) is 2.99. The third-order valence-corrected chi connectivity index (χ3v) is 3.87. The maximum atomic E-state index is 11.9. The molecule has 2 heterocycles. The number of hydrogen-bond acceptors (Lipinski definition) is 5. The maximum Gasteiger partial charge on any atom is 0.415 e. The molecule has 1 amide bonds. The van der Waals surface area contributed by atoms with Gasteiger partial charge in [0.15, 0.2) is 0 Å². The van der Waals surface area contributed by atoms with Crippen molar-refractivity contribution >= 4 is 27.6 Å². The summed E-state index contributed by atoms with van der Waals surface area (Å²) in [5.74, 6) is 0. The number of benzene rings is 1. The van der Waals surface area contributed by atoms with E-state index in [0.717, 1.165) is 15.8 Å². The Morgan fingerprint density at radius 2 is 2.10 bits per heavy atom. The zero-order valence-electron chi connectivity index (χ0n) is 11.3. The van der Waals surface area contributed by atoms with E-state index in [-0.39, 0.29) is 6.04 Å². The molecule has 1 N–H and O–H groups in total. The van der Waals surface area contributed by atoms with Crippen LogP contribution in [0.5, 0.6) is 5.19 Å². The minimum Gasteiger partial charge on any atom is -0.381 e. The van der Waals surface area contributed by atoms with Gasteiger partial charge in [-0.25, -0.2) is 9.78 Å². The Balaban J connectivity index is 1.66. The molecule has 0 saturated heterocycles. The van der Waals surface area contributed by atoms with E-state index in [0.29, 0.717) is 5.19 Å². The Morgan fingerprint density at radius 3 is 2.86 bits per heavy atom. The highest BCUT2D eigenvalue weighted by molar-refractivity contribution is 7.20. The standard InChI is InChI=1S/C15H13N3O2S/c1-10(11-5-3-2-4-6-11)17-14(19)20-15-18-12-7-8-16-9-13(12)21-15/h2-10H,1H3,(H,17,19)/t10-/m0/s1. The van der Waals surface area contributed by atoms with Crippen LogP contribution in [0.3, 0.4) is 0 Å². The molecule has 21 heavy (non-hydrogen) atoms. The first-order chi connectivity index (χ1) is 10.2. The molecule has 5 nitrogen and oxygen atoms in total. The van der Waals surface area contributed by atoms with E-state index >= 15 is 0 Å². The number of pyridine rings is 1. The lowest BCUT2D eigenvalue weighted by Gasteiger charge is -2.13. The molecule has 0 fully saturated rings. The lowest BCUT2D eigenvalue weighted by atomic mass is 10.1. The van der Waals surface area contributed by atoms with Gasteiger partial charge in [-0.05, 0) is 18.6 Å². The first-order valence-electron chi connectivity index (χ1n) is 6.46. The van der Waals surface area contributed by atoms with Crippen molar-refractivity contribution in [3.8, 4) is 5.19 Å². The SMILES string of the molecule is C[C@H](NC(=O)Oc1nc2ccncc2s1)c1ccccc1. The zero-order valence-corrected chi connectivity index (χ0v) is 12.1. The van der Waals surface area contributed by atoms with E-state index < -0.39 is 6.09 Å². The summed E-state index contributed by atoms with van der Waals surface area (Å²) in [4.78, 5) is 20.1. The Bertz CT molecular complexity index is 725. The molecule has 106 valence electrons. The predicted molar refractivity (Wildman–Crippen MR) is 81.4 cm³/mol. The van der Waals surface area contributed by atoms with Gasteiger partial charge >= 0.3 is 6.09 Å². The van der Waals surface area contributed by atoms with Gasteiger partial charge in [-0.2, -0.15) is 0 Å². The normalized spacial score (nSPS) is 12.0. The fraction of sp³-hybridized carbons (Fsp3) is 0.133. The molecule has 3 rings (SSSR count). The van der Waals surface area contributed by atoms with E-state index in [1.807, 2.05) is 37.3 Å². The molecular weight excluding hydrogens is 286 g/mol. The van der Waals surface area contributed by atoms with Crippen LogP contribution in [0.15, 0.2) is 48.8 Å². The van der Waals surface area contributed by atoms with Crippen molar-refractivity contribution in [3.63, 3.8) is 0 Å². The van der Waals surface area contributed by atoms with Gasteiger partial charge in [-0.3, -0.25) is 4.98 Å². The van der Waals surface area contributed by atoms with Crippen LogP contribution in [0.1, 0.15) is 18.5 Å². The van der Waals surface area contributed by atoms with E-state index in [9.17, 15) is 4.79 Å². The minimum absolute atomic E-state index is 0.130. The highest BCUT2D eigenvalue weighted by atomic mass is 32.1. The first kappa shape index (κ1) is 13.5. The summed E-state index contributed by atoms with van der Waals surface area (Å²) in [6.45, 7) is 1.90. The molecule has 0 radical (unpaired) electrons. The average molecular weight is 299 g/mol. The Labute approximate surface area is 125 Å². The highest BCUT2D eigenvalue weighted by Gasteiger charge is 2.13. The van der Waals surface area contributed by atoms with Gasteiger partial charge in [0, 0.05) is 12.4 Å². The van der Waals surface area contributed by atoms with Crippen molar-refractivity contribution in [3.05, 3.63) is 54.4 Å². The largest absolute Gasteiger partial charge is 0.415 e. The number of nitrogens with zero attached hydrogens (tertiary/aromatic N) is 2. The number of carbonyl (C=O) groups excluding carboxylic acids is 1. The summed E-state index contributed by atoms with van der Waals surface area (Å²) in [5, 5.41) is 3.09. The lowest BCUT2D eigenvalue weighted by molar-refractivity contribution is 0.197. The van der Waals surface area contributed by atoms with Gasteiger partial charge in [0.05, 0.1) is 16.3 Å². The van der Waals surface area contributed by atoms with Gasteiger partial charge in [-0.15, -0.1) is 0 Å². The maximum absolute atomic E-state index is 11.9. The number of carbonyl (C=O) groups is 1. The molecule has 6 heteroatoms. The van der Waals surface area contributed by atoms with Crippen molar-refractivity contribution < 1.29 is 9.53 Å². The Morgan fingerprint density at radius 1 is 1.29 bits per heavy atom. The molecule has 0 unspecified atom stereocenters. The second kappa shape index (κ2) is 5.88. The lowest BCUT2D eigenvalue weighted by Crippen LogP contribution is -2.29. The molecule has 0 saturated carbocycles. The molecule has 0 bridgehead atoms. The van der Waals surface area contributed by atoms with Crippen LogP contribution in [0, 0.1) is 0 Å². The van der Waals surface area contributed by atoms with Crippen molar-refractivity contribution in [1.82, 2.24) is 15.3 Å². The van der Waals surface area contributed by atoms with Crippen LogP contribution in [0.4, 0.5) is 4.79 Å². The summed E-state index contributed by atoms with van der Waals surface area (Å²) < 4.78 is 6.11. The van der Waals surface area contributed by atoms with Gasteiger partial charge in [0.1, 0.15) is 0 Å². The van der Waals surface area contributed by atoms with Crippen LogP contribution >= 0.6 is 11.3 Å². The molecule has 1 atom stereocenters. The summed E-state index contributed by atoms with van der Waals surface area (Å²) in [6, 6.07) is 11.4. The van der Waals surface area contributed by atoms with Crippen LogP contribution < -0.4 is 10.1 Å². The molecule has 0 spiro atoms. The highest BCUT2D eigenvalue weighted by Crippen LogP contribution is 2.26. The summed E-state index contributed by atoms with van der Waals surface area (Å²) in [5.41, 5.74) is 1.79. The van der Waals surface area contributed by atoms with Crippen LogP contribution in [-0.4, -0.2) is 16.1 Å². The van der Waals surface area contributed by atoms with Crippen LogP contribution in [-0.2, 0) is 0 Å². The van der Waals surface area contributed by atoms with Gasteiger partial charge < -0.3 is 10.1 Å². The zero-order chi connectivity index (χ0) is 14.7. The number of fused-ring (bicyclic) bond motifs is 1. The number of nitrogens with one attached hydrogen (secondary N) is 1. The number of amides is 1.